The van der Waals surface area contributed by atoms with E-state index in [1.807, 2.05) is 13.8 Å². The number of Topliss-reactive ketones (excluding diaryl/α,β-unsaturated/α-hetero) is 1. The second-order valence-electron chi connectivity index (χ2n) is 9.13. The molecule has 2 aromatic carbocycles. The maximum atomic E-state index is 13.4. The minimum Gasteiger partial charge on any atom is -0.507 e. The highest BCUT2D eigenvalue weighted by Gasteiger charge is 2.46. The first-order chi connectivity index (χ1) is 18.9. The Morgan fingerprint density at radius 2 is 1.72 bits per heavy atom. The number of nitrogens with zero attached hydrogens (tertiary/aromatic N) is 2. The number of ether oxygens (including phenoxy) is 3. The predicted octanol–water partition coefficient (Wildman–Crippen LogP) is 5.20. The average molecular weight is 537 g/mol. The Bertz CT molecular complexity index is 1170. The van der Waals surface area contributed by atoms with E-state index in [4.69, 9.17) is 14.2 Å². The van der Waals surface area contributed by atoms with Crippen molar-refractivity contribution in [3.63, 3.8) is 0 Å². The van der Waals surface area contributed by atoms with Gasteiger partial charge in [0.25, 0.3) is 11.7 Å². The van der Waals surface area contributed by atoms with Crippen molar-refractivity contribution in [2.45, 2.75) is 40.2 Å². The molecule has 0 aliphatic carbocycles. The fourth-order valence-corrected chi connectivity index (χ4v) is 4.56. The molecule has 0 bridgehead atoms. The van der Waals surface area contributed by atoms with E-state index in [9.17, 15) is 14.7 Å². The van der Waals surface area contributed by atoms with Crippen LogP contribution in [0, 0.1) is 0 Å². The van der Waals surface area contributed by atoms with Crippen LogP contribution in [0.3, 0.4) is 0 Å². The number of carbonyl (C=O) groups is 2. The monoisotopic (exact) mass is 536 g/mol. The summed E-state index contributed by atoms with van der Waals surface area (Å²) < 4.78 is 17.2. The quantitative estimate of drug-likeness (QED) is 0.145. The van der Waals surface area contributed by atoms with Crippen molar-refractivity contribution >= 4 is 17.4 Å². The van der Waals surface area contributed by atoms with E-state index >= 15 is 0 Å². The van der Waals surface area contributed by atoms with Crippen LogP contribution >= 0.6 is 0 Å². The van der Waals surface area contributed by atoms with Gasteiger partial charge in [0, 0.05) is 18.7 Å². The Labute approximate surface area is 231 Å². The van der Waals surface area contributed by atoms with Crippen molar-refractivity contribution < 1.29 is 28.9 Å². The average Bonchev–Trinajstić information content (AvgIpc) is 3.21. The maximum Gasteiger partial charge on any atom is 0.295 e. The van der Waals surface area contributed by atoms with E-state index < -0.39 is 17.7 Å². The van der Waals surface area contributed by atoms with Gasteiger partial charge in [-0.05, 0) is 68.4 Å². The van der Waals surface area contributed by atoms with Gasteiger partial charge in [0.2, 0.25) is 0 Å². The van der Waals surface area contributed by atoms with Crippen LogP contribution in [0.4, 0.5) is 0 Å². The first kappa shape index (κ1) is 29.8. The SMILES string of the molecule is C=CCOc1ccc(C2/C(=C(\O)c3ccc(OCCC)cc3)C(=O)C(=O)N2CCN(CC)CC)cc1OCC. The van der Waals surface area contributed by atoms with Gasteiger partial charge < -0.3 is 29.1 Å². The van der Waals surface area contributed by atoms with E-state index in [1.54, 1.807) is 53.4 Å². The van der Waals surface area contributed by atoms with Gasteiger partial charge in [0.1, 0.15) is 18.1 Å². The molecule has 1 heterocycles. The van der Waals surface area contributed by atoms with Crippen molar-refractivity contribution in [3.05, 3.63) is 71.8 Å². The number of likely N-dealkylation sites (N-methyl/N-ethyl adjacent to an activating group) is 1. The molecule has 8 nitrogen and oxygen atoms in total. The Hall–Kier alpha value is -3.78. The van der Waals surface area contributed by atoms with Crippen LogP contribution < -0.4 is 14.2 Å². The van der Waals surface area contributed by atoms with Crippen molar-refractivity contribution in [1.82, 2.24) is 9.80 Å². The lowest BCUT2D eigenvalue weighted by Gasteiger charge is -2.28. The predicted molar refractivity (Wildman–Crippen MR) is 152 cm³/mol. The minimum atomic E-state index is -0.788. The van der Waals surface area contributed by atoms with E-state index in [1.165, 1.54) is 0 Å². The summed E-state index contributed by atoms with van der Waals surface area (Å²) in [6.07, 6.45) is 2.52. The number of likely N-dealkylation sites (tertiary alicyclic amines) is 1. The molecular formula is C31H40N2O6. The molecule has 1 atom stereocenters. The maximum absolute atomic E-state index is 13.4. The number of amides is 1. The van der Waals surface area contributed by atoms with Gasteiger partial charge >= 0.3 is 0 Å². The van der Waals surface area contributed by atoms with Crippen molar-refractivity contribution in [2.24, 2.45) is 0 Å². The molecule has 1 N–H and O–H groups in total. The zero-order valence-corrected chi connectivity index (χ0v) is 23.4. The highest BCUT2D eigenvalue weighted by molar-refractivity contribution is 6.46. The summed E-state index contributed by atoms with van der Waals surface area (Å²) in [4.78, 5) is 30.5. The van der Waals surface area contributed by atoms with Crippen molar-refractivity contribution in [1.29, 1.82) is 0 Å². The number of aliphatic hydroxyl groups is 1. The molecule has 1 aliphatic rings. The first-order valence-electron chi connectivity index (χ1n) is 13.6. The molecule has 0 radical (unpaired) electrons. The fraction of sp³-hybridized carbons (Fsp3) is 0.419. The number of benzene rings is 2. The molecule has 2 aromatic rings. The lowest BCUT2D eigenvalue weighted by Crippen LogP contribution is -2.38. The molecular weight excluding hydrogens is 496 g/mol. The Morgan fingerprint density at radius 1 is 1.00 bits per heavy atom. The number of rotatable bonds is 15. The normalized spacial score (nSPS) is 16.5. The van der Waals surface area contributed by atoms with Gasteiger partial charge in [0.15, 0.2) is 11.5 Å². The summed E-state index contributed by atoms with van der Waals surface area (Å²) in [5, 5.41) is 11.4. The van der Waals surface area contributed by atoms with Crippen LogP contribution in [0.5, 0.6) is 17.2 Å². The number of hydrogen-bond acceptors (Lipinski definition) is 7. The zero-order valence-electron chi connectivity index (χ0n) is 23.4. The number of carbonyl (C=O) groups excluding carboxylic acids is 2. The van der Waals surface area contributed by atoms with Crippen LogP contribution in [0.2, 0.25) is 0 Å². The molecule has 1 amide bonds. The summed E-state index contributed by atoms with van der Waals surface area (Å²) in [6.45, 7) is 15.6. The summed E-state index contributed by atoms with van der Waals surface area (Å²) >= 11 is 0. The van der Waals surface area contributed by atoms with E-state index in [0.717, 1.165) is 19.5 Å². The number of aliphatic hydroxyl groups excluding tert-OH is 1. The highest BCUT2D eigenvalue weighted by Crippen LogP contribution is 2.42. The van der Waals surface area contributed by atoms with E-state index in [0.29, 0.717) is 61.3 Å². The third-order valence-corrected chi connectivity index (χ3v) is 6.63. The summed E-state index contributed by atoms with van der Waals surface area (Å²) in [7, 11) is 0. The molecule has 39 heavy (non-hydrogen) atoms. The number of hydrogen-bond donors (Lipinski definition) is 1. The first-order valence-corrected chi connectivity index (χ1v) is 13.6. The topological polar surface area (TPSA) is 88.5 Å². The third-order valence-electron chi connectivity index (χ3n) is 6.63. The molecule has 1 unspecified atom stereocenters. The van der Waals surface area contributed by atoms with Crippen molar-refractivity contribution in [2.75, 3.05) is 46.0 Å². The van der Waals surface area contributed by atoms with Crippen molar-refractivity contribution in [3.8, 4) is 17.2 Å². The second kappa shape index (κ2) is 14.4. The van der Waals surface area contributed by atoms with Gasteiger partial charge in [-0.1, -0.05) is 39.5 Å². The Balaban J connectivity index is 2.10. The van der Waals surface area contributed by atoms with E-state index in [2.05, 4.69) is 25.3 Å². The zero-order chi connectivity index (χ0) is 28.4. The van der Waals surface area contributed by atoms with Crippen LogP contribution in [0.1, 0.15) is 51.3 Å². The minimum absolute atomic E-state index is 0.0454. The standard InChI is InChI=1S/C31H40N2O6/c1-6-19-38-24-14-11-22(12-15-24)29(34)27-28(33(31(36)30(27)35)18-17-32(8-3)9-4)23-13-16-25(39-20-7-2)26(21-23)37-10-5/h7,11-16,21,28,34H,2,6,8-10,17-20H2,1,3-5H3/b29-27+. The smallest absolute Gasteiger partial charge is 0.295 e. The molecule has 1 aliphatic heterocycles. The largest absolute Gasteiger partial charge is 0.507 e. The molecule has 0 saturated carbocycles. The highest BCUT2D eigenvalue weighted by atomic mass is 16.5. The van der Waals surface area contributed by atoms with Gasteiger partial charge in [-0.3, -0.25) is 9.59 Å². The lowest BCUT2D eigenvalue weighted by molar-refractivity contribution is -0.140. The molecule has 3 rings (SSSR count). The molecule has 210 valence electrons. The molecule has 1 saturated heterocycles. The van der Waals surface area contributed by atoms with Gasteiger partial charge in [-0.2, -0.15) is 0 Å². The van der Waals surface area contributed by atoms with Gasteiger partial charge in [0.05, 0.1) is 24.8 Å². The third kappa shape index (κ3) is 7.00. The fourth-order valence-electron chi connectivity index (χ4n) is 4.56. The summed E-state index contributed by atoms with van der Waals surface area (Å²) in [5.74, 6) is 0.110. The molecule has 8 heteroatoms. The molecule has 0 aromatic heterocycles. The molecule has 1 fully saturated rings. The lowest BCUT2D eigenvalue weighted by atomic mass is 9.95. The summed E-state index contributed by atoms with van der Waals surface area (Å²) in [6, 6.07) is 11.4. The number of ketones is 1. The van der Waals surface area contributed by atoms with Crippen LogP contribution in [-0.2, 0) is 9.59 Å². The van der Waals surface area contributed by atoms with Crippen LogP contribution in [0.25, 0.3) is 5.76 Å². The molecule has 0 spiro atoms. The summed E-state index contributed by atoms with van der Waals surface area (Å²) in [5.41, 5.74) is 1.12. The Morgan fingerprint density at radius 3 is 2.33 bits per heavy atom. The van der Waals surface area contributed by atoms with Gasteiger partial charge in [-0.15, -0.1) is 0 Å². The van der Waals surface area contributed by atoms with Crippen LogP contribution in [0.15, 0.2) is 60.7 Å². The second-order valence-corrected chi connectivity index (χ2v) is 9.13. The van der Waals surface area contributed by atoms with E-state index in [-0.39, 0.29) is 11.3 Å². The van der Waals surface area contributed by atoms with Crippen LogP contribution in [-0.4, -0.2) is 72.6 Å². The Kier molecular flexibility index (Phi) is 11.0. The van der Waals surface area contributed by atoms with Gasteiger partial charge in [-0.25, -0.2) is 0 Å².